The molecule has 116 valence electrons. The van der Waals surface area contributed by atoms with E-state index in [0.717, 1.165) is 21.7 Å². The Morgan fingerprint density at radius 3 is 3.09 bits per heavy atom. The van der Waals surface area contributed by atoms with Crippen molar-refractivity contribution >= 4 is 34.3 Å². The third-order valence-electron chi connectivity index (χ3n) is 3.73. The van der Waals surface area contributed by atoms with Gasteiger partial charge in [-0.2, -0.15) is 0 Å². The van der Waals surface area contributed by atoms with E-state index < -0.39 is 0 Å². The van der Waals surface area contributed by atoms with Gasteiger partial charge in [-0.1, -0.05) is 17.8 Å². The highest BCUT2D eigenvalue weighted by Crippen LogP contribution is 2.37. The average molecular weight is 325 g/mol. The lowest BCUT2D eigenvalue weighted by Crippen LogP contribution is -2.14. The Labute approximate surface area is 137 Å². The summed E-state index contributed by atoms with van der Waals surface area (Å²) in [5, 5.41) is 12.7. The van der Waals surface area contributed by atoms with Crippen LogP contribution in [0, 0.1) is 0 Å². The highest BCUT2D eigenvalue weighted by molar-refractivity contribution is 7.99. The quantitative estimate of drug-likeness (QED) is 0.730. The second-order valence-corrected chi connectivity index (χ2v) is 6.41. The molecule has 1 aliphatic rings. The fourth-order valence-electron chi connectivity index (χ4n) is 2.47. The Morgan fingerprint density at radius 2 is 2.22 bits per heavy atom. The van der Waals surface area contributed by atoms with Crippen LogP contribution in [0.2, 0.25) is 0 Å². The zero-order valence-corrected chi connectivity index (χ0v) is 13.2. The monoisotopic (exact) mass is 325 g/mol. The Kier molecular flexibility index (Phi) is 3.70. The average Bonchev–Trinajstić information content (AvgIpc) is 3.31. The number of rotatable bonds is 5. The number of carbonyl (C=O) groups is 1. The van der Waals surface area contributed by atoms with Crippen LogP contribution in [0.1, 0.15) is 18.9 Å². The second kappa shape index (κ2) is 6.00. The molecule has 0 saturated heterocycles. The molecule has 0 radical (unpaired) electrons. The molecule has 3 aromatic rings. The smallest absolute Gasteiger partial charge is 0.234 e. The summed E-state index contributed by atoms with van der Waals surface area (Å²) in [4.78, 5) is 16.5. The lowest BCUT2D eigenvalue weighted by atomic mass is 10.2. The topological polar surface area (TPSA) is 72.7 Å². The van der Waals surface area contributed by atoms with Crippen molar-refractivity contribution in [3.63, 3.8) is 0 Å². The van der Waals surface area contributed by atoms with Crippen LogP contribution in [0.3, 0.4) is 0 Å². The summed E-state index contributed by atoms with van der Waals surface area (Å²) in [6.45, 7) is 0. The Balaban J connectivity index is 1.44. The van der Waals surface area contributed by atoms with Crippen LogP contribution in [0.4, 0.5) is 5.69 Å². The highest BCUT2D eigenvalue weighted by Gasteiger charge is 2.26. The van der Waals surface area contributed by atoms with E-state index in [1.165, 1.54) is 24.6 Å². The second-order valence-electron chi connectivity index (χ2n) is 5.46. The van der Waals surface area contributed by atoms with Crippen LogP contribution >= 0.6 is 11.8 Å². The molecule has 0 atom stereocenters. The van der Waals surface area contributed by atoms with E-state index >= 15 is 0 Å². The standard InChI is InChI=1S/C16H15N5OS/c22-15(9-23-16-20-18-10-21(16)11-6-7-11)19-14-5-1-4-13-12(14)3-2-8-17-13/h1-5,8,10-11H,6-7,9H2,(H,19,22). The summed E-state index contributed by atoms with van der Waals surface area (Å²) in [6, 6.07) is 10.0. The minimum absolute atomic E-state index is 0.0586. The molecule has 1 N–H and O–H groups in total. The van der Waals surface area contributed by atoms with Crippen molar-refractivity contribution in [3.05, 3.63) is 42.9 Å². The summed E-state index contributed by atoms with van der Waals surface area (Å²) >= 11 is 1.42. The number of benzene rings is 1. The van der Waals surface area contributed by atoms with Crippen molar-refractivity contribution in [3.8, 4) is 0 Å². The number of pyridine rings is 1. The van der Waals surface area contributed by atoms with Gasteiger partial charge in [0.25, 0.3) is 0 Å². The van der Waals surface area contributed by atoms with Crippen LogP contribution in [0.5, 0.6) is 0 Å². The van der Waals surface area contributed by atoms with E-state index in [9.17, 15) is 4.79 Å². The lowest BCUT2D eigenvalue weighted by molar-refractivity contribution is -0.113. The Hall–Kier alpha value is -2.41. The van der Waals surface area contributed by atoms with Gasteiger partial charge in [-0.15, -0.1) is 10.2 Å². The molecule has 2 heterocycles. The van der Waals surface area contributed by atoms with E-state index in [0.29, 0.717) is 11.8 Å². The number of fused-ring (bicyclic) bond motifs is 1. The number of hydrogen-bond donors (Lipinski definition) is 1. The van der Waals surface area contributed by atoms with Gasteiger partial charge in [0, 0.05) is 17.6 Å². The van der Waals surface area contributed by atoms with Gasteiger partial charge in [-0.3, -0.25) is 9.78 Å². The number of thioether (sulfide) groups is 1. The van der Waals surface area contributed by atoms with Gasteiger partial charge < -0.3 is 9.88 Å². The molecular formula is C16H15N5OS. The zero-order valence-electron chi connectivity index (χ0n) is 12.3. The molecule has 1 aromatic carbocycles. The first kappa shape index (κ1) is 14.2. The predicted molar refractivity (Wildman–Crippen MR) is 89.4 cm³/mol. The number of nitrogens with zero attached hydrogens (tertiary/aromatic N) is 4. The molecule has 4 rings (SSSR count). The molecule has 0 unspecified atom stereocenters. The highest BCUT2D eigenvalue weighted by atomic mass is 32.2. The minimum atomic E-state index is -0.0586. The maximum Gasteiger partial charge on any atom is 0.234 e. The van der Waals surface area contributed by atoms with Gasteiger partial charge in [-0.05, 0) is 37.1 Å². The Morgan fingerprint density at radius 1 is 1.30 bits per heavy atom. The summed E-state index contributed by atoms with van der Waals surface area (Å²) in [7, 11) is 0. The van der Waals surface area contributed by atoms with Gasteiger partial charge in [0.2, 0.25) is 5.91 Å². The van der Waals surface area contributed by atoms with Gasteiger partial charge in [0.1, 0.15) is 6.33 Å². The van der Waals surface area contributed by atoms with Gasteiger partial charge >= 0.3 is 0 Å². The maximum atomic E-state index is 12.2. The van der Waals surface area contributed by atoms with E-state index in [4.69, 9.17) is 0 Å². The molecule has 2 aromatic heterocycles. The molecule has 1 fully saturated rings. The van der Waals surface area contributed by atoms with Gasteiger partial charge in [0.15, 0.2) is 5.16 Å². The molecule has 1 saturated carbocycles. The van der Waals surface area contributed by atoms with Crippen LogP contribution in [-0.4, -0.2) is 31.4 Å². The molecule has 1 amide bonds. The molecule has 0 aliphatic heterocycles. The fraction of sp³-hybridized carbons (Fsp3) is 0.250. The van der Waals surface area contributed by atoms with Gasteiger partial charge in [0.05, 0.1) is 17.0 Å². The summed E-state index contributed by atoms with van der Waals surface area (Å²) in [6.07, 6.45) is 5.82. The van der Waals surface area contributed by atoms with Crippen LogP contribution in [-0.2, 0) is 4.79 Å². The first-order chi connectivity index (χ1) is 11.3. The van der Waals surface area contributed by atoms with Gasteiger partial charge in [-0.25, -0.2) is 0 Å². The summed E-state index contributed by atoms with van der Waals surface area (Å²) in [5.74, 6) is 0.249. The van der Waals surface area contributed by atoms with E-state index in [1.807, 2.05) is 30.3 Å². The van der Waals surface area contributed by atoms with Crippen molar-refractivity contribution in [1.29, 1.82) is 0 Å². The predicted octanol–water partition coefficient (Wildman–Crippen LogP) is 2.89. The Bertz CT molecular complexity index is 853. The van der Waals surface area contributed by atoms with Crippen molar-refractivity contribution in [2.45, 2.75) is 24.0 Å². The van der Waals surface area contributed by atoms with Crippen molar-refractivity contribution < 1.29 is 4.79 Å². The first-order valence-corrected chi connectivity index (χ1v) is 8.46. The number of aromatic nitrogens is 4. The largest absolute Gasteiger partial charge is 0.325 e. The van der Waals surface area contributed by atoms with E-state index in [2.05, 4.69) is 25.1 Å². The summed E-state index contributed by atoms with van der Waals surface area (Å²) < 4.78 is 2.06. The molecule has 23 heavy (non-hydrogen) atoms. The van der Waals surface area contributed by atoms with E-state index in [1.54, 1.807) is 12.5 Å². The van der Waals surface area contributed by atoms with Crippen molar-refractivity contribution in [2.75, 3.05) is 11.1 Å². The number of anilines is 1. The molecule has 0 spiro atoms. The number of carbonyl (C=O) groups excluding carboxylic acids is 1. The normalized spacial score (nSPS) is 14.1. The van der Waals surface area contributed by atoms with Crippen molar-refractivity contribution in [1.82, 2.24) is 19.7 Å². The maximum absolute atomic E-state index is 12.2. The molecular weight excluding hydrogens is 310 g/mol. The third-order valence-corrected chi connectivity index (χ3v) is 4.69. The molecule has 6 nitrogen and oxygen atoms in total. The molecule has 0 bridgehead atoms. The van der Waals surface area contributed by atoms with Crippen LogP contribution < -0.4 is 5.32 Å². The van der Waals surface area contributed by atoms with Crippen LogP contribution in [0.15, 0.2) is 48.0 Å². The molecule has 7 heteroatoms. The third kappa shape index (κ3) is 3.05. The minimum Gasteiger partial charge on any atom is -0.325 e. The van der Waals surface area contributed by atoms with E-state index in [-0.39, 0.29) is 5.91 Å². The number of hydrogen-bond acceptors (Lipinski definition) is 5. The zero-order chi connectivity index (χ0) is 15.6. The first-order valence-electron chi connectivity index (χ1n) is 7.47. The number of amides is 1. The van der Waals surface area contributed by atoms with Crippen molar-refractivity contribution in [2.24, 2.45) is 0 Å². The molecule has 1 aliphatic carbocycles. The SMILES string of the molecule is O=C(CSc1nncn1C1CC1)Nc1cccc2ncccc12. The summed E-state index contributed by atoms with van der Waals surface area (Å²) in [5.41, 5.74) is 1.65. The van der Waals surface area contributed by atoms with Crippen LogP contribution in [0.25, 0.3) is 10.9 Å². The number of nitrogens with one attached hydrogen (secondary N) is 1. The fourth-order valence-corrected chi connectivity index (χ4v) is 3.25. The lowest BCUT2D eigenvalue weighted by Gasteiger charge is -2.08.